The number of hydrogen-bond donors (Lipinski definition) is 4. The molecule has 0 saturated carbocycles. The summed E-state index contributed by atoms with van der Waals surface area (Å²) in [4.78, 5) is 74.4. The molecule has 3 aromatic rings. The van der Waals surface area contributed by atoms with Crippen molar-refractivity contribution in [2.24, 2.45) is 16.6 Å². The molecule has 0 saturated heterocycles. The number of carbonyl (C=O) groups excluding carboxylic acids is 5. The van der Waals surface area contributed by atoms with E-state index in [0.29, 0.717) is 72.2 Å². The second-order valence-corrected chi connectivity index (χ2v) is 16.9. The number of ketones is 1. The first kappa shape index (κ1) is 48.2. The lowest BCUT2D eigenvalue weighted by Crippen LogP contribution is -2.50. The van der Waals surface area contributed by atoms with Gasteiger partial charge in [-0.1, -0.05) is 24.3 Å². The highest BCUT2D eigenvalue weighted by molar-refractivity contribution is 7.89. The molecule has 0 fully saturated rings. The number of rotatable bonds is 26. The highest BCUT2D eigenvalue weighted by atomic mass is 32.2. The lowest BCUT2D eigenvalue weighted by atomic mass is 10.1. The molecule has 0 atom stereocenters. The zero-order valence-corrected chi connectivity index (χ0v) is 36.4. The summed E-state index contributed by atoms with van der Waals surface area (Å²) in [5.74, 6) is -0.0907. The van der Waals surface area contributed by atoms with Crippen LogP contribution in [0.3, 0.4) is 0 Å². The predicted molar refractivity (Wildman–Crippen MR) is 231 cm³/mol. The number of benzene rings is 3. The van der Waals surface area contributed by atoms with Crippen LogP contribution in [0.1, 0.15) is 49.3 Å². The van der Waals surface area contributed by atoms with E-state index in [1.807, 2.05) is 0 Å². The van der Waals surface area contributed by atoms with Crippen LogP contribution in [-0.2, 0) is 53.5 Å². The van der Waals surface area contributed by atoms with Crippen LogP contribution in [0, 0.1) is 0 Å². The number of primary sulfonamides is 1. The number of carbonyl (C=O) groups is 5. The molecule has 0 aliphatic carbocycles. The number of amides is 4. The number of fused-ring (bicyclic) bond motifs is 2. The largest absolute Gasteiger partial charge is 0.454 e. The van der Waals surface area contributed by atoms with Crippen LogP contribution in [0.2, 0.25) is 0 Å². The first-order chi connectivity index (χ1) is 30.2. The zero-order valence-electron chi connectivity index (χ0n) is 35.6. The van der Waals surface area contributed by atoms with Gasteiger partial charge >= 0.3 is 0 Å². The van der Waals surface area contributed by atoms with Gasteiger partial charge in [0.15, 0.2) is 23.0 Å². The van der Waals surface area contributed by atoms with Crippen LogP contribution in [0.15, 0.2) is 65.6 Å². The fraction of sp³-hybridized carbons (Fsp3) is 0.465. The molecule has 2 aliphatic rings. The van der Waals surface area contributed by atoms with Crippen molar-refractivity contribution >= 4 is 39.4 Å². The Morgan fingerprint density at radius 3 is 1.60 bits per heavy atom. The van der Waals surface area contributed by atoms with Crippen molar-refractivity contribution in [1.82, 2.24) is 24.9 Å². The van der Waals surface area contributed by atoms with E-state index in [9.17, 15) is 32.4 Å². The summed E-state index contributed by atoms with van der Waals surface area (Å²) in [6, 6.07) is 16.3. The van der Waals surface area contributed by atoms with E-state index < -0.39 is 40.8 Å². The van der Waals surface area contributed by atoms with E-state index in [-0.39, 0.29) is 82.4 Å². The second-order valence-electron chi connectivity index (χ2n) is 15.3. The molecule has 342 valence electrons. The van der Waals surface area contributed by atoms with Gasteiger partial charge in [0.25, 0.3) is 0 Å². The van der Waals surface area contributed by atoms with E-state index in [1.54, 1.807) is 48.5 Å². The Hall–Kier alpha value is -5.80. The highest BCUT2D eigenvalue weighted by Crippen LogP contribution is 2.34. The number of Topliss-reactive ketones (excluding diaryl/α,β-unsaturated/α-hetero) is 1. The number of nitrogens with one attached hydrogen (secondary N) is 1. The van der Waals surface area contributed by atoms with Crippen LogP contribution in [0.4, 0.5) is 0 Å². The Bertz CT molecular complexity index is 2170. The SMILES string of the molecule is CC(=O)CN(Cc1ccc2c(c1)OCO2)C(=O)CN(CCCCN)C(=O)CN(Cc1ccc2c(c1)OCO2)C(=O)CN(CCc1ccc(S(N)(=O)=O)cc1)C(=O)CNCCCCN. The van der Waals surface area contributed by atoms with Crippen LogP contribution in [-0.4, -0.2) is 136 Å². The van der Waals surface area contributed by atoms with Gasteiger partial charge in [0.05, 0.1) is 31.1 Å². The van der Waals surface area contributed by atoms with E-state index in [2.05, 4.69) is 5.32 Å². The summed E-state index contributed by atoms with van der Waals surface area (Å²) < 4.78 is 45.6. The van der Waals surface area contributed by atoms with Crippen molar-refractivity contribution in [2.75, 3.05) is 79.0 Å². The van der Waals surface area contributed by atoms with Crippen molar-refractivity contribution in [3.05, 3.63) is 77.4 Å². The molecule has 0 bridgehead atoms. The van der Waals surface area contributed by atoms with Crippen LogP contribution < -0.4 is 40.9 Å². The molecule has 0 aromatic heterocycles. The Kier molecular flexibility index (Phi) is 18.1. The third kappa shape index (κ3) is 14.9. The molecule has 2 aliphatic heterocycles. The normalized spacial score (nSPS) is 12.5. The van der Waals surface area contributed by atoms with Crippen LogP contribution in [0.25, 0.3) is 0 Å². The number of sulfonamides is 1. The van der Waals surface area contributed by atoms with E-state index in [0.717, 1.165) is 12.8 Å². The number of hydrogen-bond acceptors (Lipinski definition) is 14. The minimum absolute atomic E-state index is 0.0309. The summed E-state index contributed by atoms with van der Waals surface area (Å²) in [6.07, 6.45) is 2.83. The summed E-state index contributed by atoms with van der Waals surface area (Å²) in [7, 11) is -3.91. The Morgan fingerprint density at radius 2 is 1.06 bits per heavy atom. The highest BCUT2D eigenvalue weighted by Gasteiger charge is 2.29. The molecule has 5 rings (SSSR count). The molecule has 0 spiro atoms. The maximum Gasteiger partial charge on any atom is 0.242 e. The molecular weight excluding hydrogens is 837 g/mol. The molecule has 20 heteroatoms. The van der Waals surface area contributed by atoms with Gasteiger partial charge < -0.3 is 55.3 Å². The van der Waals surface area contributed by atoms with Crippen LogP contribution in [0.5, 0.6) is 23.0 Å². The Balaban J connectivity index is 1.37. The van der Waals surface area contributed by atoms with Crippen molar-refractivity contribution < 1.29 is 51.3 Å². The van der Waals surface area contributed by atoms with E-state index in [4.69, 9.17) is 35.6 Å². The summed E-state index contributed by atoms with van der Waals surface area (Å²) in [6.45, 7) is 1.63. The smallest absolute Gasteiger partial charge is 0.242 e. The molecule has 7 N–H and O–H groups in total. The average molecular weight is 895 g/mol. The minimum Gasteiger partial charge on any atom is -0.454 e. The molecule has 2 heterocycles. The van der Waals surface area contributed by atoms with Gasteiger partial charge in [-0.3, -0.25) is 24.0 Å². The van der Waals surface area contributed by atoms with Gasteiger partial charge in [0.1, 0.15) is 12.3 Å². The van der Waals surface area contributed by atoms with Crippen molar-refractivity contribution in [1.29, 1.82) is 0 Å². The number of nitrogens with two attached hydrogens (primary N) is 3. The van der Waals surface area contributed by atoms with E-state index >= 15 is 0 Å². The first-order valence-corrected chi connectivity index (χ1v) is 22.4. The molecule has 63 heavy (non-hydrogen) atoms. The lowest BCUT2D eigenvalue weighted by molar-refractivity contribution is -0.146. The van der Waals surface area contributed by atoms with Gasteiger partial charge in [0.2, 0.25) is 47.2 Å². The molecule has 4 amide bonds. The van der Waals surface area contributed by atoms with Crippen molar-refractivity contribution in [3.63, 3.8) is 0 Å². The monoisotopic (exact) mass is 894 g/mol. The van der Waals surface area contributed by atoms with Gasteiger partial charge in [0, 0.05) is 26.2 Å². The third-order valence-corrected chi connectivity index (χ3v) is 11.2. The molecule has 0 radical (unpaired) electrons. The van der Waals surface area contributed by atoms with Gasteiger partial charge in [-0.05, 0) is 112 Å². The minimum atomic E-state index is -3.91. The molecular formula is C43H58N8O11S. The number of nitrogens with zero attached hydrogens (tertiary/aromatic N) is 4. The van der Waals surface area contributed by atoms with Crippen molar-refractivity contribution in [2.45, 2.75) is 57.0 Å². The van der Waals surface area contributed by atoms with Gasteiger partial charge in [-0.2, -0.15) is 0 Å². The standard InChI is InChI=1S/C43H58N8O11S/c1-31(52)23-50(24-33-8-12-36-38(20-33)61-29-59-36)42(55)26-48(18-5-3-16-45)41(54)28-51(25-34-9-13-37-39(21-34)62-30-60-37)43(56)27-49(40(53)22-47-17-4-2-15-44)19-14-32-6-10-35(11-7-32)63(46,57)58/h6-13,20-21,47H,2-5,14-19,22-30,44-45H2,1H3,(H2,46,57,58). The zero-order chi connectivity index (χ0) is 45.4. The molecule has 0 unspecified atom stereocenters. The molecule has 3 aromatic carbocycles. The number of unbranched alkanes of at least 4 members (excludes halogenated alkanes) is 2. The fourth-order valence-corrected chi connectivity index (χ4v) is 7.40. The van der Waals surface area contributed by atoms with Gasteiger partial charge in [-0.15, -0.1) is 0 Å². The van der Waals surface area contributed by atoms with Crippen molar-refractivity contribution in [3.8, 4) is 23.0 Å². The average Bonchev–Trinajstić information content (AvgIpc) is 3.93. The third-order valence-electron chi connectivity index (χ3n) is 10.3. The van der Waals surface area contributed by atoms with E-state index in [1.165, 1.54) is 38.7 Å². The topological polar surface area (TPSA) is 259 Å². The maximum atomic E-state index is 14.5. The van der Waals surface area contributed by atoms with Crippen LogP contribution >= 0.6 is 0 Å². The molecule has 19 nitrogen and oxygen atoms in total. The summed E-state index contributed by atoms with van der Waals surface area (Å²) in [5.41, 5.74) is 13.4. The first-order valence-electron chi connectivity index (χ1n) is 20.8. The summed E-state index contributed by atoms with van der Waals surface area (Å²) in [5, 5.41) is 8.38. The van der Waals surface area contributed by atoms with Gasteiger partial charge in [-0.25, -0.2) is 13.6 Å². The quantitative estimate of drug-likeness (QED) is 0.0810. The lowest BCUT2D eigenvalue weighted by Gasteiger charge is -2.31. The second kappa shape index (κ2) is 23.6. The Labute approximate surface area is 367 Å². The maximum absolute atomic E-state index is 14.5. The predicted octanol–water partition coefficient (Wildman–Crippen LogP) is 0.705. The summed E-state index contributed by atoms with van der Waals surface area (Å²) >= 11 is 0. The Morgan fingerprint density at radius 1 is 0.587 bits per heavy atom. The fourth-order valence-electron chi connectivity index (χ4n) is 6.88. The number of ether oxygens (including phenoxy) is 4.